The van der Waals surface area contributed by atoms with Crippen LogP contribution in [0.5, 0.6) is 0 Å². The molecule has 7 heteroatoms. The fraction of sp³-hybridized carbons (Fsp3) is 0.583. The van der Waals surface area contributed by atoms with Crippen LogP contribution in [0.25, 0.3) is 0 Å². The Labute approximate surface area is 112 Å². The molecule has 19 heavy (non-hydrogen) atoms. The Morgan fingerprint density at radius 2 is 2.11 bits per heavy atom. The zero-order valence-corrected chi connectivity index (χ0v) is 11.6. The van der Waals surface area contributed by atoms with E-state index >= 15 is 0 Å². The second-order valence-electron chi connectivity index (χ2n) is 5.18. The Morgan fingerprint density at radius 1 is 1.47 bits per heavy atom. The van der Waals surface area contributed by atoms with Crippen molar-refractivity contribution in [2.45, 2.75) is 42.5 Å². The largest absolute Gasteiger partial charge is 0.481 e. The number of aliphatic carboxylic acids is 1. The summed E-state index contributed by atoms with van der Waals surface area (Å²) in [5.41, 5.74) is -0.833. The van der Waals surface area contributed by atoms with E-state index in [9.17, 15) is 13.2 Å². The summed E-state index contributed by atoms with van der Waals surface area (Å²) in [6.07, 6.45) is 5.84. The molecule has 1 saturated carbocycles. The first-order valence-corrected chi connectivity index (χ1v) is 7.69. The number of carboxylic acids is 1. The molecule has 2 N–H and O–H groups in total. The summed E-state index contributed by atoms with van der Waals surface area (Å²) in [4.78, 5) is 11.1. The van der Waals surface area contributed by atoms with Gasteiger partial charge in [-0.05, 0) is 18.9 Å². The SMILES string of the molecule is Cn1ccc(S(=O)(=O)NC2(CC(=O)O)CCCC2)c1. The van der Waals surface area contributed by atoms with Crippen molar-refractivity contribution in [1.29, 1.82) is 0 Å². The molecule has 0 spiro atoms. The lowest BCUT2D eigenvalue weighted by Crippen LogP contribution is -2.47. The average Bonchev–Trinajstić information content (AvgIpc) is 2.86. The Hall–Kier alpha value is -1.34. The van der Waals surface area contributed by atoms with Crippen LogP contribution in [0, 0.1) is 0 Å². The Bertz CT molecular complexity index is 570. The number of nitrogens with one attached hydrogen (secondary N) is 1. The van der Waals surface area contributed by atoms with Crippen molar-refractivity contribution in [3.05, 3.63) is 18.5 Å². The van der Waals surface area contributed by atoms with E-state index in [4.69, 9.17) is 5.11 Å². The van der Waals surface area contributed by atoms with Crippen LogP contribution < -0.4 is 4.72 Å². The van der Waals surface area contributed by atoms with Gasteiger partial charge in [0.05, 0.1) is 11.3 Å². The molecule has 1 fully saturated rings. The molecular formula is C12H18N2O4S. The molecule has 1 aromatic rings. The standard InChI is InChI=1S/C12H18N2O4S/c1-14-7-4-10(9-14)19(17,18)13-12(8-11(15)16)5-2-3-6-12/h4,7,9,13H,2-3,5-6,8H2,1H3,(H,15,16). The number of rotatable bonds is 5. The van der Waals surface area contributed by atoms with Crippen molar-refractivity contribution < 1.29 is 18.3 Å². The van der Waals surface area contributed by atoms with Gasteiger partial charge in [-0.25, -0.2) is 13.1 Å². The van der Waals surface area contributed by atoms with Crippen LogP contribution in [0.1, 0.15) is 32.1 Å². The molecule has 0 aliphatic heterocycles. The highest BCUT2D eigenvalue weighted by Crippen LogP contribution is 2.34. The Kier molecular flexibility index (Phi) is 3.69. The summed E-state index contributed by atoms with van der Waals surface area (Å²) in [6, 6.07) is 1.51. The zero-order chi connectivity index (χ0) is 14.1. The lowest BCUT2D eigenvalue weighted by Gasteiger charge is -2.27. The van der Waals surface area contributed by atoms with Gasteiger partial charge in [0, 0.05) is 25.0 Å². The smallest absolute Gasteiger partial charge is 0.305 e. The van der Waals surface area contributed by atoms with Crippen LogP contribution in [0.2, 0.25) is 0 Å². The van der Waals surface area contributed by atoms with Crippen LogP contribution in [0.4, 0.5) is 0 Å². The number of hydrogen-bond donors (Lipinski definition) is 2. The topological polar surface area (TPSA) is 88.4 Å². The van der Waals surface area contributed by atoms with Crippen molar-refractivity contribution in [1.82, 2.24) is 9.29 Å². The number of carboxylic acid groups (broad SMARTS) is 1. The minimum Gasteiger partial charge on any atom is -0.481 e. The molecule has 2 rings (SSSR count). The Balaban J connectivity index is 2.24. The van der Waals surface area contributed by atoms with Crippen molar-refractivity contribution in [3.8, 4) is 0 Å². The first kappa shape index (κ1) is 14.1. The number of aryl methyl sites for hydroxylation is 1. The third kappa shape index (κ3) is 3.16. The average molecular weight is 286 g/mol. The highest BCUT2D eigenvalue weighted by atomic mass is 32.2. The molecule has 0 atom stereocenters. The number of carbonyl (C=O) groups is 1. The Morgan fingerprint density at radius 3 is 2.58 bits per heavy atom. The maximum Gasteiger partial charge on any atom is 0.305 e. The van der Waals surface area contributed by atoms with E-state index in [0.717, 1.165) is 12.8 Å². The normalized spacial score (nSPS) is 18.6. The second kappa shape index (κ2) is 4.97. The molecule has 1 aromatic heterocycles. The van der Waals surface area contributed by atoms with E-state index in [2.05, 4.69) is 4.72 Å². The van der Waals surface area contributed by atoms with Crippen molar-refractivity contribution in [3.63, 3.8) is 0 Å². The molecule has 0 unspecified atom stereocenters. The van der Waals surface area contributed by atoms with Gasteiger partial charge < -0.3 is 9.67 Å². The summed E-state index contributed by atoms with van der Waals surface area (Å²) in [7, 11) is -1.92. The number of aromatic nitrogens is 1. The predicted molar refractivity (Wildman–Crippen MR) is 69.2 cm³/mol. The summed E-state index contributed by atoms with van der Waals surface area (Å²) >= 11 is 0. The van der Waals surface area contributed by atoms with Gasteiger partial charge >= 0.3 is 5.97 Å². The minimum absolute atomic E-state index is 0.168. The molecule has 0 radical (unpaired) electrons. The summed E-state index contributed by atoms with van der Waals surface area (Å²) < 4.78 is 28.8. The predicted octanol–water partition coefficient (Wildman–Crippen LogP) is 1.09. The maximum atomic E-state index is 12.3. The lowest BCUT2D eigenvalue weighted by atomic mass is 9.95. The van der Waals surface area contributed by atoms with Crippen LogP contribution in [0.3, 0.4) is 0 Å². The first-order valence-electron chi connectivity index (χ1n) is 6.21. The van der Waals surface area contributed by atoms with Gasteiger partial charge in [-0.3, -0.25) is 4.79 Å². The fourth-order valence-corrected chi connectivity index (χ4v) is 4.15. The molecule has 6 nitrogen and oxygen atoms in total. The van der Waals surface area contributed by atoms with Gasteiger partial charge in [0.15, 0.2) is 0 Å². The summed E-state index contributed by atoms with van der Waals surface area (Å²) in [6.45, 7) is 0. The van der Waals surface area contributed by atoms with Crippen LogP contribution >= 0.6 is 0 Å². The van der Waals surface area contributed by atoms with Gasteiger partial charge in [0.1, 0.15) is 0 Å². The van der Waals surface area contributed by atoms with Crippen molar-refractivity contribution in [2.24, 2.45) is 7.05 Å². The maximum absolute atomic E-state index is 12.3. The zero-order valence-electron chi connectivity index (χ0n) is 10.8. The molecule has 1 aliphatic rings. The molecule has 106 valence electrons. The molecule has 0 saturated heterocycles. The van der Waals surface area contributed by atoms with E-state index in [1.165, 1.54) is 12.3 Å². The third-order valence-electron chi connectivity index (χ3n) is 3.52. The lowest BCUT2D eigenvalue weighted by molar-refractivity contribution is -0.138. The molecular weight excluding hydrogens is 268 g/mol. The van der Waals surface area contributed by atoms with Crippen molar-refractivity contribution >= 4 is 16.0 Å². The summed E-state index contributed by atoms with van der Waals surface area (Å²) in [5, 5.41) is 8.97. The van der Waals surface area contributed by atoms with Gasteiger partial charge in [-0.2, -0.15) is 0 Å². The first-order chi connectivity index (χ1) is 8.83. The molecule has 1 aliphatic carbocycles. The highest BCUT2D eigenvalue weighted by molar-refractivity contribution is 7.89. The molecule has 0 aromatic carbocycles. The number of sulfonamides is 1. The third-order valence-corrected chi connectivity index (χ3v) is 5.08. The minimum atomic E-state index is -3.66. The highest BCUT2D eigenvalue weighted by Gasteiger charge is 2.39. The number of hydrogen-bond acceptors (Lipinski definition) is 3. The van der Waals surface area contributed by atoms with Crippen LogP contribution in [-0.4, -0.2) is 29.6 Å². The van der Waals surface area contributed by atoms with E-state index < -0.39 is 21.5 Å². The monoisotopic (exact) mass is 286 g/mol. The summed E-state index contributed by atoms with van der Waals surface area (Å²) in [5.74, 6) is -0.974. The van der Waals surface area contributed by atoms with Gasteiger partial charge in [-0.1, -0.05) is 12.8 Å². The fourth-order valence-electron chi connectivity index (χ4n) is 2.64. The van der Waals surface area contributed by atoms with Crippen LogP contribution in [0.15, 0.2) is 23.4 Å². The molecule has 0 amide bonds. The number of nitrogens with zero attached hydrogens (tertiary/aromatic N) is 1. The van der Waals surface area contributed by atoms with E-state index in [-0.39, 0.29) is 11.3 Å². The van der Waals surface area contributed by atoms with E-state index in [0.29, 0.717) is 12.8 Å². The van der Waals surface area contributed by atoms with E-state index in [1.807, 2.05) is 0 Å². The van der Waals surface area contributed by atoms with Gasteiger partial charge in [-0.15, -0.1) is 0 Å². The quantitative estimate of drug-likeness (QED) is 0.848. The van der Waals surface area contributed by atoms with Gasteiger partial charge in [0.2, 0.25) is 10.0 Å². The van der Waals surface area contributed by atoms with Gasteiger partial charge in [0.25, 0.3) is 0 Å². The molecule has 1 heterocycles. The van der Waals surface area contributed by atoms with Crippen molar-refractivity contribution in [2.75, 3.05) is 0 Å². The van der Waals surface area contributed by atoms with E-state index in [1.54, 1.807) is 17.8 Å². The van der Waals surface area contributed by atoms with Crippen LogP contribution in [-0.2, 0) is 21.9 Å². The molecule has 0 bridgehead atoms. The second-order valence-corrected chi connectivity index (χ2v) is 6.86.